The third kappa shape index (κ3) is 1.55. The fourth-order valence-electron chi connectivity index (χ4n) is 2.06. The Bertz CT molecular complexity index is 190. The molecule has 0 aromatic carbocycles. The molecule has 0 radical (unpaired) electrons. The van der Waals surface area contributed by atoms with E-state index in [9.17, 15) is 0 Å². The van der Waals surface area contributed by atoms with Crippen LogP contribution in [0, 0.1) is 0 Å². The lowest BCUT2D eigenvalue weighted by atomic mass is 10.1. The van der Waals surface area contributed by atoms with Gasteiger partial charge in [-0.25, -0.2) is 0 Å². The molecule has 0 saturated carbocycles. The fourth-order valence-corrected chi connectivity index (χ4v) is 5.42. The standard InChI is InChI=1S/C8H17NO3Si/c1-6-8-7(2)11-13(10-6,12-8)5-3-4-9/h6-8H,3-5,9H2,1-2H3. The predicted molar refractivity (Wildman–Crippen MR) is 50.2 cm³/mol. The third-order valence-corrected chi connectivity index (χ3v) is 5.72. The highest BCUT2D eigenvalue weighted by atomic mass is 28.4. The van der Waals surface area contributed by atoms with Crippen LogP contribution in [0.3, 0.4) is 0 Å². The zero-order valence-electron chi connectivity index (χ0n) is 8.16. The maximum Gasteiger partial charge on any atom is 0.502 e. The molecule has 2 bridgehead atoms. The Morgan fingerprint density at radius 3 is 2.23 bits per heavy atom. The van der Waals surface area contributed by atoms with E-state index in [2.05, 4.69) is 13.8 Å². The SMILES string of the molecule is CC1O[Si]2(CCCN)OC(C)C1O2. The molecule has 0 aromatic rings. The van der Waals surface area contributed by atoms with Crippen LogP contribution in [0.5, 0.6) is 0 Å². The van der Waals surface area contributed by atoms with Gasteiger partial charge < -0.3 is 19.0 Å². The summed E-state index contributed by atoms with van der Waals surface area (Å²) >= 11 is 0. The molecule has 0 aromatic heterocycles. The van der Waals surface area contributed by atoms with Gasteiger partial charge in [0.15, 0.2) is 0 Å². The van der Waals surface area contributed by atoms with Crippen LogP contribution < -0.4 is 5.73 Å². The van der Waals surface area contributed by atoms with E-state index in [-0.39, 0.29) is 18.3 Å². The second-order valence-corrected chi connectivity index (χ2v) is 6.38. The summed E-state index contributed by atoms with van der Waals surface area (Å²) in [7, 11) is -2.26. The highest BCUT2D eigenvalue weighted by Crippen LogP contribution is 2.39. The van der Waals surface area contributed by atoms with Gasteiger partial charge in [-0.15, -0.1) is 0 Å². The van der Waals surface area contributed by atoms with Crippen molar-refractivity contribution >= 4 is 8.80 Å². The van der Waals surface area contributed by atoms with Gasteiger partial charge >= 0.3 is 8.80 Å². The van der Waals surface area contributed by atoms with Crippen molar-refractivity contribution in [1.29, 1.82) is 0 Å². The van der Waals surface area contributed by atoms with Crippen molar-refractivity contribution in [3.8, 4) is 0 Å². The molecule has 0 aliphatic carbocycles. The Morgan fingerprint density at radius 2 is 1.77 bits per heavy atom. The third-order valence-electron chi connectivity index (χ3n) is 2.66. The summed E-state index contributed by atoms with van der Waals surface area (Å²) in [4.78, 5) is 0. The molecule has 2 aliphatic rings. The summed E-state index contributed by atoms with van der Waals surface area (Å²) in [5, 5.41) is 0. The molecule has 76 valence electrons. The lowest BCUT2D eigenvalue weighted by Crippen LogP contribution is -2.44. The van der Waals surface area contributed by atoms with Gasteiger partial charge in [0.25, 0.3) is 0 Å². The Kier molecular flexibility index (Phi) is 2.46. The minimum atomic E-state index is -2.26. The zero-order chi connectivity index (χ0) is 9.47. The van der Waals surface area contributed by atoms with Crippen LogP contribution in [-0.4, -0.2) is 33.7 Å². The maximum absolute atomic E-state index is 5.83. The molecule has 0 spiro atoms. The van der Waals surface area contributed by atoms with E-state index in [0.717, 1.165) is 12.5 Å². The van der Waals surface area contributed by atoms with Crippen molar-refractivity contribution in [2.75, 3.05) is 6.54 Å². The minimum Gasteiger partial charge on any atom is -0.368 e. The molecule has 0 amide bonds. The summed E-state index contributed by atoms with van der Waals surface area (Å²) in [6, 6.07) is 0.870. The molecule has 2 rings (SSSR count). The summed E-state index contributed by atoms with van der Waals surface area (Å²) in [5.41, 5.74) is 5.46. The van der Waals surface area contributed by atoms with Gasteiger partial charge in [0.1, 0.15) is 0 Å². The molecule has 2 aliphatic heterocycles. The Balaban J connectivity index is 2.00. The van der Waals surface area contributed by atoms with Crippen molar-refractivity contribution in [3.05, 3.63) is 0 Å². The molecular formula is C8H17NO3Si. The van der Waals surface area contributed by atoms with Gasteiger partial charge in [0.05, 0.1) is 18.3 Å². The predicted octanol–water partition coefficient (Wildman–Crippen LogP) is 0.497. The quantitative estimate of drug-likeness (QED) is 0.679. The van der Waals surface area contributed by atoms with Crippen LogP contribution in [0.2, 0.25) is 6.04 Å². The van der Waals surface area contributed by atoms with Gasteiger partial charge in [-0.05, 0) is 26.8 Å². The topological polar surface area (TPSA) is 53.7 Å². The summed E-state index contributed by atoms with van der Waals surface area (Å²) in [6.45, 7) is 4.79. The van der Waals surface area contributed by atoms with Gasteiger partial charge in [0, 0.05) is 6.04 Å². The van der Waals surface area contributed by atoms with Crippen LogP contribution >= 0.6 is 0 Å². The van der Waals surface area contributed by atoms with Crippen LogP contribution in [-0.2, 0) is 13.3 Å². The lowest BCUT2D eigenvalue weighted by Gasteiger charge is -2.26. The van der Waals surface area contributed by atoms with Gasteiger partial charge in [-0.2, -0.15) is 0 Å². The average molecular weight is 203 g/mol. The molecule has 2 saturated heterocycles. The maximum atomic E-state index is 5.83. The van der Waals surface area contributed by atoms with Crippen molar-refractivity contribution in [3.63, 3.8) is 0 Å². The number of rotatable bonds is 3. The van der Waals surface area contributed by atoms with Crippen LogP contribution in [0.4, 0.5) is 0 Å². The second-order valence-electron chi connectivity index (χ2n) is 3.80. The van der Waals surface area contributed by atoms with Crippen molar-refractivity contribution in [2.24, 2.45) is 5.73 Å². The first kappa shape index (κ1) is 9.61. The van der Waals surface area contributed by atoms with Gasteiger partial charge in [-0.1, -0.05) is 0 Å². The normalized spacial score (nSPS) is 48.7. The van der Waals surface area contributed by atoms with E-state index in [1.54, 1.807) is 0 Å². The highest BCUT2D eigenvalue weighted by Gasteiger charge is 2.60. The Labute approximate surface area is 79.7 Å². The first-order valence-corrected chi connectivity index (χ1v) is 6.83. The molecule has 2 atom stereocenters. The number of fused-ring (bicyclic) bond motifs is 2. The van der Waals surface area contributed by atoms with E-state index < -0.39 is 8.80 Å². The average Bonchev–Trinajstić information content (AvgIpc) is 2.55. The zero-order valence-corrected chi connectivity index (χ0v) is 9.16. The van der Waals surface area contributed by atoms with Crippen molar-refractivity contribution in [2.45, 2.75) is 44.6 Å². The van der Waals surface area contributed by atoms with Crippen molar-refractivity contribution < 1.29 is 13.3 Å². The molecule has 2 fully saturated rings. The largest absolute Gasteiger partial charge is 0.502 e. The molecular weight excluding hydrogens is 186 g/mol. The van der Waals surface area contributed by atoms with Crippen molar-refractivity contribution in [1.82, 2.24) is 0 Å². The lowest BCUT2D eigenvalue weighted by molar-refractivity contribution is 0.0406. The number of nitrogens with two attached hydrogens (primary N) is 1. The van der Waals surface area contributed by atoms with E-state index in [1.807, 2.05) is 0 Å². The Morgan fingerprint density at radius 1 is 1.15 bits per heavy atom. The molecule has 2 unspecified atom stereocenters. The van der Waals surface area contributed by atoms with Crippen LogP contribution in [0.1, 0.15) is 20.3 Å². The summed E-state index contributed by atoms with van der Waals surface area (Å²) < 4.78 is 17.3. The van der Waals surface area contributed by atoms with E-state index in [4.69, 9.17) is 19.0 Å². The highest BCUT2D eigenvalue weighted by molar-refractivity contribution is 6.62. The number of hydrogen-bond donors (Lipinski definition) is 1. The first-order chi connectivity index (χ1) is 6.17. The van der Waals surface area contributed by atoms with Gasteiger partial charge in [-0.3, -0.25) is 0 Å². The summed E-state index contributed by atoms with van der Waals surface area (Å²) in [6.07, 6.45) is 1.49. The molecule has 5 heteroatoms. The molecule has 2 heterocycles. The molecule has 2 N–H and O–H groups in total. The fraction of sp³-hybridized carbons (Fsp3) is 1.00. The Hall–Kier alpha value is 0.0569. The monoisotopic (exact) mass is 203 g/mol. The van der Waals surface area contributed by atoms with Crippen LogP contribution in [0.25, 0.3) is 0 Å². The molecule has 4 nitrogen and oxygen atoms in total. The second kappa shape index (κ2) is 3.32. The first-order valence-electron chi connectivity index (χ1n) is 4.90. The molecule has 13 heavy (non-hydrogen) atoms. The minimum absolute atomic E-state index is 0.157. The van der Waals surface area contributed by atoms with E-state index in [1.165, 1.54) is 0 Å². The summed E-state index contributed by atoms with van der Waals surface area (Å²) in [5.74, 6) is 0. The smallest absolute Gasteiger partial charge is 0.368 e. The van der Waals surface area contributed by atoms with Crippen LogP contribution in [0.15, 0.2) is 0 Å². The van der Waals surface area contributed by atoms with E-state index >= 15 is 0 Å². The van der Waals surface area contributed by atoms with Gasteiger partial charge in [0.2, 0.25) is 0 Å². The number of hydrogen-bond acceptors (Lipinski definition) is 4. The van der Waals surface area contributed by atoms with E-state index in [0.29, 0.717) is 6.54 Å².